The summed E-state index contributed by atoms with van der Waals surface area (Å²) in [7, 11) is 1.35. The molecule has 0 fully saturated rings. The average molecular weight is 156 g/mol. The standard InChI is InChI=1S/C3H4N2O.C3H4O2/c1-2-6-5-3-4;1-3-5-4-2/h1,3H,(H2,4,5);1H,2H3. The number of terminal acetylenes is 2. The summed E-state index contributed by atoms with van der Waals surface area (Å²) in [5, 5.41) is 3.01. The molecule has 11 heavy (non-hydrogen) atoms. The molecule has 0 aliphatic heterocycles. The van der Waals surface area contributed by atoms with Gasteiger partial charge in [-0.1, -0.05) is 18.0 Å². The molecule has 0 atom stereocenters. The highest BCUT2D eigenvalue weighted by Gasteiger charge is 1.54. The highest BCUT2D eigenvalue weighted by molar-refractivity contribution is 5.50. The van der Waals surface area contributed by atoms with E-state index in [1.807, 2.05) is 0 Å². The minimum absolute atomic E-state index is 0.972. The molecular weight excluding hydrogens is 148 g/mol. The van der Waals surface area contributed by atoms with Crippen LogP contribution in [0, 0.1) is 25.1 Å². The summed E-state index contributed by atoms with van der Waals surface area (Å²) in [4.78, 5) is 11.8. The third kappa shape index (κ3) is 31.1. The lowest BCUT2D eigenvalue weighted by Gasteiger charge is -1.79. The third-order valence-electron chi connectivity index (χ3n) is 0.298. The first-order valence-corrected chi connectivity index (χ1v) is 2.33. The van der Waals surface area contributed by atoms with Crippen molar-refractivity contribution in [1.29, 1.82) is 0 Å². The number of hydrogen-bond acceptors (Lipinski definition) is 4. The van der Waals surface area contributed by atoms with Gasteiger partial charge in [-0.05, 0) is 0 Å². The zero-order chi connectivity index (χ0) is 8.95. The smallest absolute Gasteiger partial charge is 0.153 e. The lowest BCUT2D eigenvalue weighted by Crippen LogP contribution is -1.87. The fraction of sp³-hybridized carbons (Fsp3) is 0.167. The van der Waals surface area contributed by atoms with E-state index in [1.165, 1.54) is 7.11 Å². The van der Waals surface area contributed by atoms with Gasteiger partial charge >= 0.3 is 0 Å². The van der Waals surface area contributed by atoms with Crippen LogP contribution in [0.3, 0.4) is 0 Å². The van der Waals surface area contributed by atoms with Crippen LogP contribution in [0.4, 0.5) is 0 Å². The summed E-state index contributed by atoms with van der Waals surface area (Å²) in [6, 6.07) is 0. The molecule has 0 aliphatic rings. The van der Waals surface area contributed by atoms with Gasteiger partial charge in [-0.3, -0.25) is 4.89 Å². The van der Waals surface area contributed by atoms with Crippen LogP contribution in [0.15, 0.2) is 5.16 Å². The highest BCUT2D eigenvalue weighted by atomic mass is 17.2. The second-order valence-electron chi connectivity index (χ2n) is 0.831. The lowest BCUT2D eigenvalue weighted by atomic mass is 11.3. The Morgan fingerprint density at radius 1 is 1.45 bits per heavy atom. The van der Waals surface area contributed by atoms with Gasteiger partial charge in [0.05, 0.1) is 7.11 Å². The zero-order valence-corrected chi connectivity index (χ0v) is 5.98. The van der Waals surface area contributed by atoms with Crippen molar-refractivity contribution in [2.45, 2.75) is 0 Å². The van der Waals surface area contributed by atoms with Crippen LogP contribution >= 0.6 is 0 Å². The van der Waals surface area contributed by atoms with Crippen molar-refractivity contribution < 1.29 is 14.6 Å². The van der Waals surface area contributed by atoms with E-state index in [2.05, 4.69) is 32.6 Å². The predicted octanol–water partition coefficient (Wildman–Crippen LogP) is -0.349. The lowest BCUT2D eigenvalue weighted by molar-refractivity contribution is -0.209. The largest absolute Gasteiger partial charge is 0.387 e. The molecular formula is C6H8N2O3. The van der Waals surface area contributed by atoms with Crippen molar-refractivity contribution >= 4 is 6.34 Å². The summed E-state index contributed by atoms with van der Waals surface area (Å²) < 4.78 is 0. The Labute approximate surface area is 65.0 Å². The molecule has 60 valence electrons. The molecule has 0 saturated heterocycles. The second kappa shape index (κ2) is 15.7. The quantitative estimate of drug-likeness (QED) is 0.195. The Morgan fingerprint density at radius 3 is 2.18 bits per heavy atom. The highest BCUT2D eigenvalue weighted by Crippen LogP contribution is 1.59. The molecule has 2 N–H and O–H groups in total. The maximum Gasteiger partial charge on any atom is 0.153 e. The number of hydrogen-bond donors (Lipinski definition) is 1. The van der Waals surface area contributed by atoms with Crippen molar-refractivity contribution in [3.63, 3.8) is 0 Å². The molecule has 0 saturated carbocycles. The topological polar surface area (TPSA) is 66.1 Å². The molecule has 0 aromatic carbocycles. The Bertz CT molecular complexity index is 166. The number of nitrogens with zero attached hydrogens (tertiary/aromatic N) is 1. The summed E-state index contributed by atoms with van der Waals surface area (Å²) >= 11 is 0. The average Bonchev–Trinajstić information content (AvgIpc) is 2.04. The van der Waals surface area contributed by atoms with Crippen LogP contribution in [-0.4, -0.2) is 13.4 Å². The Morgan fingerprint density at radius 2 is 2.09 bits per heavy atom. The van der Waals surface area contributed by atoms with Crippen molar-refractivity contribution in [3.8, 4) is 25.1 Å². The first-order valence-electron chi connectivity index (χ1n) is 2.33. The Kier molecular flexibility index (Phi) is 17.0. The SMILES string of the molecule is C#CO/N=C\N.C#COOC. The first kappa shape index (κ1) is 11.9. The van der Waals surface area contributed by atoms with Crippen molar-refractivity contribution in [2.75, 3.05) is 7.11 Å². The monoisotopic (exact) mass is 156 g/mol. The molecule has 5 heteroatoms. The third-order valence-corrected chi connectivity index (χ3v) is 0.298. The van der Waals surface area contributed by atoms with E-state index in [1.54, 1.807) is 12.2 Å². The molecule has 0 aliphatic carbocycles. The van der Waals surface area contributed by atoms with Crippen LogP contribution < -0.4 is 5.73 Å². The molecule has 0 bridgehead atoms. The van der Waals surface area contributed by atoms with Gasteiger partial charge in [-0.2, -0.15) is 4.89 Å². The van der Waals surface area contributed by atoms with Gasteiger partial charge in [0.1, 0.15) is 12.4 Å². The molecule has 0 heterocycles. The van der Waals surface area contributed by atoms with Crippen LogP contribution in [0.25, 0.3) is 0 Å². The number of oxime groups is 1. The zero-order valence-electron chi connectivity index (χ0n) is 5.98. The molecule has 0 radical (unpaired) electrons. The van der Waals surface area contributed by atoms with Crippen molar-refractivity contribution in [3.05, 3.63) is 0 Å². The first-order chi connectivity index (χ1) is 5.33. The van der Waals surface area contributed by atoms with E-state index < -0.39 is 0 Å². The van der Waals surface area contributed by atoms with Crippen molar-refractivity contribution in [1.82, 2.24) is 0 Å². The minimum Gasteiger partial charge on any atom is -0.387 e. The van der Waals surface area contributed by atoms with Gasteiger partial charge in [-0.25, -0.2) is 0 Å². The van der Waals surface area contributed by atoms with Gasteiger partial charge in [0, 0.05) is 0 Å². The summed E-state index contributed by atoms with van der Waals surface area (Å²) in [5.41, 5.74) is 4.70. The van der Waals surface area contributed by atoms with E-state index in [-0.39, 0.29) is 0 Å². The van der Waals surface area contributed by atoms with Crippen LogP contribution in [0.2, 0.25) is 0 Å². The molecule has 0 aromatic rings. The predicted molar refractivity (Wildman–Crippen MR) is 39.5 cm³/mol. The molecule has 0 aromatic heterocycles. The fourth-order valence-electron chi connectivity index (χ4n) is 0.109. The summed E-state index contributed by atoms with van der Waals surface area (Å²) in [6.07, 6.45) is 13.7. The van der Waals surface area contributed by atoms with E-state index in [0.717, 1.165) is 6.34 Å². The molecule has 0 unspecified atom stereocenters. The number of rotatable bonds is 2. The molecule has 5 nitrogen and oxygen atoms in total. The molecule has 0 spiro atoms. The van der Waals surface area contributed by atoms with Crippen molar-refractivity contribution in [2.24, 2.45) is 10.9 Å². The second-order valence-corrected chi connectivity index (χ2v) is 0.831. The maximum absolute atomic E-state index is 4.70. The summed E-state index contributed by atoms with van der Waals surface area (Å²) in [5.74, 6) is 0. The van der Waals surface area contributed by atoms with Gasteiger partial charge in [0.25, 0.3) is 0 Å². The Balaban J connectivity index is 0. The Hall–Kier alpha value is -1.85. The molecule has 0 rings (SSSR count). The van der Waals surface area contributed by atoms with Crippen LogP contribution in [0.5, 0.6) is 0 Å². The van der Waals surface area contributed by atoms with E-state index >= 15 is 0 Å². The van der Waals surface area contributed by atoms with E-state index in [4.69, 9.17) is 5.73 Å². The van der Waals surface area contributed by atoms with Crippen LogP contribution in [0.1, 0.15) is 0 Å². The van der Waals surface area contributed by atoms with E-state index in [0.29, 0.717) is 0 Å². The molecule has 0 amide bonds. The van der Waals surface area contributed by atoms with Gasteiger partial charge in [0.15, 0.2) is 6.11 Å². The van der Waals surface area contributed by atoms with E-state index in [9.17, 15) is 0 Å². The minimum atomic E-state index is 0.972. The van der Waals surface area contributed by atoms with Gasteiger partial charge < -0.3 is 10.6 Å². The normalized spacial score (nSPS) is 6.82. The summed E-state index contributed by atoms with van der Waals surface area (Å²) in [6.45, 7) is 0. The number of nitrogens with two attached hydrogens (primary N) is 1. The van der Waals surface area contributed by atoms with Gasteiger partial charge in [0.2, 0.25) is 0 Å². The van der Waals surface area contributed by atoms with Gasteiger partial charge in [-0.15, -0.1) is 0 Å². The van der Waals surface area contributed by atoms with Crippen LogP contribution in [-0.2, 0) is 14.6 Å². The maximum atomic E-state index is 4.70. The fourth-order valence-corrected chi connectivity index (χ4v) is 0.109.